The van der Waals surface area contributed by atoms with Gasteiger partial charge in [0, 0.05) is 19.2 Å². The number of nitrogens with zero attached hydrogens (tertiary/aromatic N) is 6. The van der Waals surface area contributed by atoms with E-state index >= 15 is 0 Å². The summed E-state index contributed by atoms with van der Waals surface area (Å²) in [6.07, 6.45) is -1.74. The molecule has 162 valence electrons. The highest BCUT2D eigenvalue weighted by Crippen LogP contribution is 2.31. The SMILES string of the molecule is CO[C@@H](C)c1c(NC(=O)Nc2cc(F)c3ncnn3c2)cnc2cc(C(F)(F)F)nn12. The number of nitrogens with one attached hydrogen (secondary N) is 2. The van der Waals surface area contributed by atoms with Crippen molar-refractivity contribution in [2.75, 3.05) is 17.7 Å². The Balaban J connectivity index is 1.66. The van der Waals surface area contributed by atoms with Gasteiger partial charge >= 0.3 is 12.2 Å². The maximum Gasteiger partial charge on any atom is 0.435 e. The summed E-state index contributed by atoms with van der Waals surface area (Å²) in [5, 5.41) is 12.2. The maximum atomic E-state index is 14.0. The zero-order valence-corrected chi connectivity index (χ0v) is 16.0. The lowest BCUT2D eigenvalue weighted by Gasteiger charge is -2.17. The summed E-state index contributed by atoms with van der Waals surface area (Å²) in [4.78, 5) is 20.1. The van der Waals surface area contributed by atoms with Crippen molar-refractivity contribution < 1.29 is 27.1 Å². The number of halogens is 4. The summed E-state index contributed by atoms with van der Waals surface area (Å²) in [5.41, 5.74) is -0.967. The Labute approximate surface area is 170 Å². The van der Waals surface area contributed by atoms with Crippen molar-refractivity contribution in [2.24, 2.45) is 0 Å². The van der Waals surface area contributed by atoms with E-state index in [-0.39, 0.29) is 28.4 Å². The zero-order valence-electron chi connectivity index (χ0n) is 16.0. The van der Waals surface area contributed by atoms with Gasteiger partial charge < -0.3 is 15.4 Å². The predicted molar refractivity (Wildman–Crippen MR) is 99.0 cm³/mol. The quantitative estimate of drug-likeness (QED) is 0.473. The lowest BCUT2D eigenvalue weighted by Crippen LogP contribution is -2.22. The standard InChI is InChI=1S/C17H14F4N8O2/c1-8(31-2)14-11(5-22-13-4-12(17(19,20)21)27-29(13)14)26-16(30)25-9-3-10(18)15-23-7-24-28(15)6-9/h3-8H,1-2H3,(H2,25,26,30)/t8-/m0/s1. The van der Waals surface area contributed by atoms with Gasteiger partial charge in [-0.25, -0.2) is 28.2 Å². The molecule has 14 heteroatoms. The Bertz CT molecular complexity index is 1280. The molecule has 4 rings (SSSR count). The number of methoxy groups -OCH3 is 1. The summed E-state index contributed by atoms with van der Waals surface area (Å²) in [6, 6.07) is 1.03. The first-order chi connectivity index (χ1) is 14.7. The maximum absolute atomic E-state index is 14.0. The number of amides is 2. The van der Waals surface area contributed by atoms with Crippen molar-refractivity contribution in [3.05, 3.63) is 48.1 Å². The molecular weight excluding hydrogens is 424 g/mol. The van der Waals surface area contributed by atoms with E-state index in [1.807, 2.05) is 0 Å². The molecule has 0 saturated heterocycles. The minimum atomic E-state index is -4.67. The molecule has 0 bridgehead atoms. The molecule has 0 aliphatic carbocycles. The Kier molecular flexibility index (Phi) is 4.93. The van der Waals surface area contributed by atoms with Crippen LogP contribution in [0.1, 0.15) is 24.4 Å². The second-order valence-corrected chi connectivity index (χ2v) is 6.42. The average molecular weight is 438 g/mol. The van der Waals surface area contributed by atoms with Gasteiger partial charge in [0.25, 0.3) is 0 Å². The third-order valence-electron chi connectivity index (χ3n) is 4.39. The molecule has 2 amide bonds. The fraction of sp³-hybridized carbons (Fsp3) is 0.235. The lowest BCUT2D eigenvalue weighted by atomic mass is 10.2. The van der Waals surface area contributed by atoms with Gasteiger partial charge in [-0.1, -0.05) is 0 Å². The third kappa shape index (κ3) is 3.84. The van der Waals surface area contributed by atoms with Gasteiger partial charge in [-0.15, -0.1) is 0 Å². The molecule has 0 saturated carbocycles. The topological polar surface area (TPSA) is 111 Å². The Hall–Kier alpha value is -3.81. The van der Waals surface area contributed by atoms with Crippen LogP contribution in [0.3, 0.4) is 0 Å². The van der Waals surface area contributed by atoms with Crippen LogP contribution in [0.2, 0.25) is 0 Å². The van der Waals surface area contributed by atoms with Crippen molar-refractivity contribution in [1.82, 2.24) is 29.2 Å². The minimum Gasteiger partial charge on any atom is -0.375 e. The van der Waals surface area contributed by atoms with Crippen molar-refractivity contribution in [3.63, 3.8) is 0 Å². The molecule has 0 aromatic carbocycles. The highest BCUT2D eigenvalue weighted by molar-refractivity contribution is 6.00. The monoisotopic (exact) mass is 438 g/mol. The number of anilines is 2. The van der Waals surface area contributed by atoms with Crippen molar-refractivity contribution in [3.8, 4) is 0 Å². The summed E-state index contributed by atoms with van der Waals surface area (Å²) in [7, 11) is 1.35. The van der Waals surface area contributed by atoms with Crippen LogP contribution in [-0.2, 0) is 10.9 Å². The summed E-state index contributed by atoms with van der Waals surface area (Å²) < 4.78 is 60.5. The largest absolute Gasteiger partial charge is 0.435 e. The molecule has 2 N–H and O–H groups in total. The van der Waals surface area contributed by atoms with E-state index in [0.717, 1.165) is 27.5 Å². The number of fused-ring (bicyclic) bond motifs is 2. The average Bonchev–Trinajstić information content (AvgIpc) is 3.34. The summed E-state index contributed by atoms with van der Waals surface area (Å²) >= 11 is 0. The van der Waals surface area contributed by atoms with Gasteiger partial charge in [-0.05, 0) is 6.92 Å². The van der Waals surface area contributed by atoms with Gasteiger partial charge in [0.15, 0.2) is 22.8 Å². The minimum absolute atomic E-state index is 0.0176. The van der Waals surface area contributed by atoms with E-state index in [1.165, 1.54) is 19.5 Å². The predicted octanol–water partition coefficient (Wildman–Crippen LogP) is 3.28. The Morgan fingerprint density at radius 2 is 2.00 bits per heavy atom. The number of rotatable bonds is 4. The normalized spacial score (nSPS) is 13.0. The van der Waals surface area contributed by atoms with Gasteiger partial charge in [0.1, 0.15) is 6.33 Å². The highest BCUT2D eigenvalue weighted by Gasteiger charge is 2.35. The number of carbonyl (C=O) groups excluding carboxylic acids is 1. The number of carbonyl (C=O) groups is 1. The molecule has 4 heterocycles. The number of aromatic nitrogens is 6. The van der Waals surface area contributed by atoms with Gasteiger partial charge in [-0.2, -0.15) is 23.4 Å². The van der Waals surface area contributed by atoms with Crippen molar-refractivity contribution in [1.29, 1.82) is 0 Å². The zero-order chi connectivity index (χ0) is 22.3. The first kappa shape index (κ1) is 20.5. The molecule has 4 aromatic rings. The van der Waals surface area contributed by atoms with Gasteiger partial charge in [-0.3, -0.25) is 0 Å². The number of urea groups is 1. The lowest BCUT2D eigenvalue weighted by molar-refractivity contribution is -0.141. The van der Waals surface area contributed by atoms with E-state index in [1.54, 1.807) is 6.92 Å². The van der Waals surface area contributed by atoms with Gasteiger partial charge in [0.2, 0.25) is 0 Å². The number of hydrogen-bond donors (Lipinski definition) is 2. The molecule has 0 radical (unpaired) electrons. The molecule has 0 spiro atoms. The molecule has 0 aliphatic heterocycles. The van der Waals surface area contributed by atoms with E-state index in [2.05, 4.69) is 30.8 Å². The first-order valence-electron chi connectivity index (χ1n) is 8.73. The van der Waals surface area contributed by atoms with Crippen LogP contribution in [0.4, 0.5) is 33.7 Å². The van der Waals surface area contributed by atoms with E-state index in [0.29, 0.717) is 0 Å². The molecule has 1 atom stereocenters. The second kappa shape index (κ2) is 7.46. The number of alkyl halides is 3. The van der Waals surface area contributed by atoms with Crippen LogP contribution in [0.5, 0.6) is 0 Å². The van der Waals surface area contributed by atoms with Crippen LogP contribution >= 0.6 is 0 Å². The third-order valence-corrected chi connectivity index (χ3v) is 4.39. The number of ether oxygens (including phenoxy) is 1. The van der Waals surface area contributed by atoms with Gasteiger partial charge in [0.05, 0.1) is 35.6 Å². The molecular formula is C17H14F4N8O2. The highest BCUT2D eigenvalue weighted by atomic mass is 19.4. The van der Waals surface area contributed by atoms with Crippen LogP contribution < -0.4 is 10.6 Å². The van der Waals surface area contributed by atoms with Crippen LogP contribution in [0, 0.1) is 5.82 Å². The molecule has 0 fully saturated rings. The fourth-order valence-corrected chi connectivity index (χ4v) is 2.93. The van der Waals surface area contributed by atoms with Crippen LogP contribution in [0.25, 0.3) is 11.3 Å². The molecule has 10 nitrogen and oxygen atoms in total. The van der Waals surface area contributed by atoms with E-state index in [4.69, 9.17) is 4.74 Å². The first-order valence-corrected chi connectivity index (χ1v) is 8.73. The Morgan fingerprint density at radius 3 is 2.71 bits per heavy atom. The van der Waals surface area contributed by atoms with Crippen LogP contribution in [0.15, 0.2) is 30.9 Å². The summed E-state index contributed by atoms with van der Waals surface area (Å²) in [6.45, 7) is 1.57. The molecule has 31 heavy (non-hydrogen) atoms. The second-order valence-electron chi connectivity index (χ2n) is 6.42. The van der Waals surface area contributed by atoms with E-state index in [9.17, 15) is 22.4 Å². The number of pyridine rings is 1. The summed E-state index contributed by atoms with van der Waals surface area (Å²) in [5.74, 6) is -0.705. The Morgan fingerprint density at radius 1 is 1.23 bits per heavy atom. The smallest absolute Gasteiger partial charge is 0.375 e. The van der Waals surface area contributed by atoms with Crippen molar-refractivity contribution >= 4 is 28.7 Å². The van der Waals surface area contributed by atoms with E-state index < -0.39 is 29.8 Å². The molecule has 4 aromatic heterocycles. The number of hydrogen-bond acceptors (Lipinski definition) is 6. The van der Waals surface area contributed by atoms with Crippen LogP contribution in [-0.4, -0.2) is 42.3 Å². The molecule has 0 aliphatic rings. The molecule has 0 unspecified atom stereocenters. The fourth-order valence-electron chi connectivity index (χ4n) is 2.93. The van der Waals surface area contributed by atoms with Crippen molar-refractivity contribution in [2.45, 2.75) is 19.2 Å².